The van der Waals surface area contributed by atoms with Crippen molar-refractivity contribution in [2.45, 2.75) is 12.5 Å². The molecule has 0 aliphatic carbocycles. The van der Waals surface area contributed by atoms with Crippen LogP contribution >= 0.6 is 11.3 Å². The van der Waals surface area contributed by atoms with Crippen LogP contribution in [0.1, 0.15) is 17.4 Å². The highest BCUT2D eigenvalue weighted by Crippen LogP contribution is 2.33. The monoisotopic (exact) mass is 262 g/mol. The number of thiophene rings is 1. The zero-order valence-electron chi connectivity index (χ0n) is 10.00. The number of carbonyl (C=O) groups excluding carboxylic acids is 1. The van der Waals surface area contributed by atoms with Gasteiger partial charge >= 0.3 is 5.97 Å². The van der Waals surface area contributed by atoms with Crippen LogP contribution in [0.25, 0.3) is 0 Å². The summed E-state index contributed by atoms with van der Waals surface area (Å²) in [6.07, 6.45) is 0. The molecule has 0 amide bonds. The van der Waals surface area contributed by atoms with Crippen molar-refractivity contribution in [3.63, 3.8) is 0 Å². The molecule has 1 N–H and O–H groups in total. The van der Waals surface area contributed by atoms with E-state index < -0.39 is 11.6 Å². The molecule has 0 spiro atoms. The van der Waals surface area contributed by atoms with Gasteiger partial charge in [0, 0.05) is 5.56 Å². The van der Waals surface area contributed by atoms with Crippen LogP contribution in [0.2, 0.25) is 0 Å². The van der Waals surface area contributed by atoms with Gasteiger partial charge in [0.15, 0.2) is 0 Å². The molecule has 1 heterocycles. The fraction of sp³-hybridized carbons (Fsp3) is 0.214. The van der Waals surface area contributed by atoms with E-state index in [2.05, 4.69) is 0 Å². The molecule has 0 aliphatic rings. The van der Waals surface area contributed by atoms with E-state index in [0.717, 1.165) is 0 Å². The van der Waals surface area contributed by atoms with Crippen molar-refractivity contribution in [3.05, 3.63) is 58.3 Å². The molecule has 0 saturated heterocycles. The lowest BCUT2D eigenvalue weighted by Gasteiger charge is -2.25. The molecular formula is C14H14O3S. The molecule has 0 saturated carbocycles. The summed E-state index contributed by atoms with van der Waals surface area (Å²) in [5.41, 5.74) is -1.20. The first-order valence-electron chi connectivity index (χ1n) is 5.68. The number of benzene rings is 1. The van der Waals surface area contributed by atoms with Gasteiger partial charge in [0.1, 0.15) is 0 Å². The smallest absolute Gasteiger partial charge is 0.348 e. The van der Waals surface area contributed by atoms with Crippen LogP contribution in [0, 0.1) is 0 Å². The molecule has 0 fully saturated rings. The van der Waals surface area contributed by atoms with Crippen molar-refractivity contribution in [2.75, 3.05) is 6.61 Å². The number of carbonyl (C=O) groups is 1. The van der Waals surface area contributed by atoms with E-state index in [9.17, 15) is 9.90 Å². The van der Waals surface area contributed by atoms with E-state index in [4.69, 9.17) is 4.74 Å². The molecular weight excluding hydrogens is 248 g/mol. The fourth-order valence-corrected chi connectivity index (χ4v) is 2.59. The van der Waals surface area contributed by atoms with Crippen LogP contribution in [-0.4, -0.2) is 17.7 Å². The van der Waals surface area contributed by atoms with Crippen LogP contribution in [0.4, 0.5) is 0 Å². The van der Waals surface area contributed by atoms with Gasteiger partial charge in [0.2, 0.25) is 5.60 Å². The maximum Gasteiger partial charge on any atom is 0.348 e. The second-order valence-corrected chi connectivity index (χ2v) is 4.72. The van der Waals surface area contributed by atoms with E-state index in [1.165, 1.54) is 11.3 Å². The quantitative estimate of drug-likeness (QED) is 0.861. The molecule has 0 aliphatic heterocycles. The number of rotatable bonds is 4. The summed E-state index contributed by atoms with van der Waals surface area (Å²) in [5, 5.41) is 12.6. The first-order valence-corrected chi connectivity index (χ1v) is 6.56. The SMILES string of the molecule is CCOC(=O)C(O)(c1ccccc1)c1cccs1. The third-order valence-corrected chi connectivity index (χ3v) is 3.62. The minimum absolute atomic E-state index is 0.235. The molecule has 0 bridgehead atoms. The molecule has 3 nitrogen and oxygen atoms in total. The Balaban J connectivity index is 2.50. The van der Waals surface area contributed by atoms with Gasteiger partial charge in [-0.2, -0.15) is 0 Å². The van der Waals surface area contributed by atoms with Crippen molar-refractivity contribution >= 4 is 17.3 Å². The van der Waals surface area contributed by atoms with E-state index in [1.807, 2.05) is 11.4 Å². The van der Waals surface area contributed by atoms with Gasteiger partial charge in [-0.3, -0.25) is 0 Å². The van der Waals surface area contributed by atoms with Gasteiger partial charge in [0.25, 0.3) is 0 Å². The average Bonchev–Trinajstić information content (AvgIpc) is 2.93. The normalized spacial score (nSPS) is 13.9. The topological polar surface area (TPSA) is 46.5 Å². The maximum absolute atomic E-state index is 12.1. The number of aliphatic hydroxyl groups is 1. The lowest BCUT2D eigenvalue weighted by Crippen LogP contribution is -2.37. The van der Waals surface area contributed by atoms with Crippen molar-refractivity contribution in [1.29, 1.82) is 0 Å². The standard InChI is InChI=1S/C14H14O3S/c1-2-17-13(15)14(16,12-9-6-10-18-12)11-7-4-3-5-8-11/h3-10,16H,2H2,1H3. The Morgan fingerprint density at radius 1 is 1.28 bits per heavy atom. The molecule has 0 radical (unpaired) electrons. The average molecular weight is 262 g/mol. The molecule has 4 heteroatoms. The second-order valence-electron chi connectivity index (χ2n) is 3.77. The van der Waals surface area contributed by atoms with Crippen LogP contribution in [0.5, 0.6) is 0 Å². The van der Waals surface area contributed by atoms with E-state index in [1.54, 1.807) is 43.3 Å². The highest BCUT2D eigenvalue weighted by molar-refractivity contribution is 7.10. The second kappa shape index (κ2) is 5.33. The Hall–Kier alpha value is -1.65. The molecule has 18 heavy (non-hydrogen) atoms. The number of hydrogen-bond donors (Lipinski definition) is 1. The summed E-state index contributed by atoms with van der Waals surface area (Å²) in [7, 11) is 0. The Morgan fingerprint density at radius 2 is 2.00 bits per heavy atom. The highest BCUT2D eigenvalue weighted by atomic mass is 32.1. The van der Waals surface area contributed by atoms with Gasteiger partial charge in [-0.05, 0) is 18.4 Å². The number of esters is 1. The molecule has 2 aromatic rings. The van der Waals surface area contributed by atoms with Crippen molar-refractivity contribution < 1.29 is 14.6 Å². The lowest BCUT2D eigenvalue weighted by atomic mass is 9.92. The molecule has 1 aromatic carbocycles. The van der Waals surface area contributed by atoms with Crippen LogP contribution < -0.4 is 0 Å². The van der Waals surface area contributed by atoms with E-state index >= 15 is 0 Å². The van der Waals surface area contributed by atoms with Crippen molar-refractivity contribution in [2.24, 2.45) is 0 Å². The number of hydrogen-bond acceptors (Lipinski definition) is 4. The third kappa shape index (κ3) is 2.17. The minimum Gasteiger partial charge on any atom is -0.463 e. The Morgan fingerprint density at radius 3 is 2.56 bits per heavy atom. The Labute approximate surface area is 110 Å². The largest absolute Gasteiger partial charge is 0.463 e. The number of ether oxygens (including phenoxy) is 1. The molecule has 1 unspecified atom stereocenters. The first kappa shape index (κ1) is 12.8. The Bertz CT molecular complexity index is 507. The summed E-state index contributed by atoms with van der Waals surface area (Å²) in [5.74, 6) is -0.640. The van der Waals surface area contributed by atoms with Crippen LogP contribution in [0.3, 0.4) is 0 Å². The Kier molecular flexibility index (Phi) is 3.79. The zero-order chi connectivity index (χ0) is 13.0. The maximum atomic E-state index is 12.1. The van der Waals surface area contributed by atoms with Crippen LogP contribution in [-0.2, 0) is 15.1 Å². The van der Waals surface area contributed by atoms with Gasteiger partial charge < -0.3 is 9.84 Å². The summed E-state index contributed by atoms with van der Waals surface area (Å²) in [6, 6.07) is 12.4. The molecule has 1 atom stereocenters. The first-order chi connectivity index (χ1) is 8.69. The van der Waals surface area contributed by atoms with Crippen molar-refractivity contribution in [3.8, 4) is 0 Å². The molecule has 94 valence electrons. The summed E-state index contributed by atoms with van der Waals surface area (Å²) < 4.78 is 5.00. The van der Waals surface area contributed by atoms with E-state index in [-0.39, 0.29) is 6.61 Å². The molecule has 2 rings (SSSR count). The lowest BCUT2D eigenvalue weighted by molar-refractivity contribution is -0.161. The predicted octanol–water partition coefficient (Wildman–Crippen LogP) is 2.55. The van der Waals surface area contributed by atoms with Crippen LogP contribution in [0.15, 0.2) is 47.8 Å². The predicted molar refractivity (Wildman–Crippen MR) is 70.4 cm³/mol. The summed E-state index contributed by atoms with van der Waals surface area (Å²) in [6.45, 7) is 1.96. The van der Waals surface area contributed by atoms with Gasteiger partial charge in [-0.1, -0.05) is 36.4 Å². The minimum atomic E-state index is -1.72. The van der Waals surface area contributed by atoms with Crippen molar-refractivity contribution in [1.82, 2.24) is 0 Å². The van der Waals surface area contributed by atoms with Gasteiger partial charge in [-0.15, -0.1) is 11.3 Å². The fourth-order valence-electron chi connectivity index (χ4n) is 1.76. The molecule has 1 aromatic heterocycles. The third-order valence-electron chi connectivity index (χ3n) is 2.64. The highest BCUT2D eigenvalue weighted by Gasteiger charge is 2.42. The summed E-state index contributed by atoms with van der Waals surface area (Å²) >= 11 is 1.33. The zero-order valence-corrected chi connectivity index (χ0v) is 10.8. The van der Waals surface area contributed by atoms with Gasteiger partial charge in [0.05, 0.1) is 11.5 Å². The van der Waals surface area contributed by atoms with E-state index in [0.29, 0.717) is 10.4 Å². The van der Waals surface area contributed by atoms with Gasteiger partial charge in [-0.25, -0.2) is 4.79 Å². The summed E-state index contributed by atoms with van der Waals surface area (Å²) in [4.78, 5) is 12.7.